The molecule has 0 radical (unpaired) electrons. The lowest BCUT2D eigenvalue weighted by atomic mass is 9.99. The van der Waals surface area contributed by atoms with Crippen molar-refractivity contribution >= 4 is 43.6 Å². The molecule has 6 aromatic carbocycles. The molecule has 0 unspecified atom stereocenters. The third-order valence-corrected chi connectivity index (χ3v) is 8.75. The Morgan fingerprint density at radius 2 is 0.955 bits per heavy atom. The monoisotopic (exact) mass is 561 g/mol. The predicted octanol–water partition coefficient (Wildman–Crippen LogP) is 10.6. The van der Waals surface area contributed by atoms with Gasteiger partial charge in [0.2, 0.25) is 0 Å². The zero-order valence-corrected chi connectivity index (χ0v) is 23.9. The summed E-state index contributed by atoms with van der Waals surface area (Å²) in [4.78, 5) is 4.59. The molecule has 9 aromatic rings. The smallest absolute Gasteiger partial charge is 0.0788 e. The number of benzene rings is 6. The van der Waals surface area contributed by atoms with E-state index in [-0.39, 0.29) is 0 Å². The van der Waals surface area contributed by atoms with Gasteiger partial charge in [0.25, 0.3) is 0 Å². The Labute approximate surface area is 254 Å². The van der Waals surface area contributed by atoms with E-state index in [1.165, 1.54) is 54.7 Å². The Kier molecular flexibility index (Phi) is 5.50. The van der Waals surface area contributed by atoms with Gasteiger partial charge in [-0.25, -0.2) is 0 Å². The topological polar surface area (TPSA) is 22.8 Å². The molecular weight excluding hydrogens is 534 g/mol. The van der Waals surface area contributed by atoms with Crippen LogP contribution in [0.1, 0.15) is 0 Å². The van der Waals surface area contributed by atoms with Crippen molar-refractivity contribution in [3.05, 3.63) is 164 Å². The predicted molar refractivity (Wildman–Crippen MR) is 184 cm³/mol. The lowest BCUT2D eigenvalue weighted by Gasteiger charge is -2.12. The highest BCUT2D eigenvalue weighted by Crippen LogP contribution is 2.42. The molecule has 0 aliphatic carbocycles. The van der Waals surface area contributed by atoms with E-state index < -0.39 is 0 Å². The molecule has 0 saturated heterocycles. The highest BCUT2D eigenvalue weighted by molar-refractivity contribution is 6.24. The average molecular weight is 562 g/mol. The number of fused-ring (bicyclic) bond motifs is 7. The fourth-order valence-corrected chi connectivity index (χ4v) is 6.81. The summed E-state index contributed by atoms with van der Waals surface area (Å²) in [5.41, 5.74) is 11.6. The summed E-state index contributed by atoms with van der Waals surface area (Å²) in [6.07, 6.45) is 1.85. The van der Waals surface area contributed by atoms with Crippen LogP contribution in [0.4, 0.5) is 0 Å². The van der Waals surface area contributed by atoms with E-state index in [1.54, 1.807) is 0 Å². The molecule has 0 atom stereocenters. The molecule has 0 spiro atoms. The fraction of sp³-hybridized carbons (Fsp3) is 0. The van der Waals surface area contributed by atoms with Crippen molar-refractivity contribution in [2.75, 3.05) is 0 Å². The summed E-state index contributed by atoms with van der Waals surface area (Å²) < 4.78 is 4.88. The first-order valence-corrected chi connectivity index (χ1v) is 15.0. The third kappa shape index (κ3) is 3.73. The van der Waals surface area contributed by atoms with Crippen LogP contribution in [0.5, 0.6) is 0 Å². The number of aromatic nitrogens is 3. The maximum Gasteiger partial charge on any atom is 0.0788 e. The summed E-state index contributed by atoms with van der Waals surface area (Å²) >= 11 is 0. The van der Waals surface area contributed by atoms with E-state index in [0.717, 1.165) is 22.6 Å². The second kappa shape index (κ2) is 9.82. The van der Waals surface area contributed by atoms with Crippen LogP contribution in [-0.2, 0) is 0 Å². The Hall–Kier alpha value is -5.93. The van der Waals surface area contributed by atoms with Crippen molar-refractivity contribution in [3.8, 4) is 33.8 Å². The van der Waals surface area contributed by atoms with E-state index in [0.29, 0.717) is 0 Å². The minimum atomic E-state index is 0.979. The molecule has 0 fully saturated rings. The molecular formula is C41H27N3. The van der Waals surface area contributed by atoms with Gasteiger partial charge < -0.3 is 9.13 Å². The second-order valence-electron chi connectivity index (χ2n) is 11.2. The van der Waals surface area contributed by atoms with E-state index in [4.69, 9.17) is 0 Å². The summed E-state index contributed by atoms with van der Waals surface area (Å²) in [5, 5.41) is 4.97. The molecule has 0 N–H and O–H groups in total. The van der Waals surface area contributed by atoms with Crippen molar-refractivity contribution in [3.63, 3.8) is 0 Å². The summed E-state index contributed by atoms with van der Waals surface area (Å²) in [5.74, 6) is 0. The largest absolute Gasteiger partial charge is 0.307 e. The van der Waals surface area contributed by atoms with Crippen LogP contribution in [0.25, 0.3) is 77.4 Å². The van der Waals surface area contributed by atoms with Crippen LogP contribution in [0.3, 0.4) is 0 Å². The number of para-hydroxylation sites is 3. The van der Waals surface area contributed by atoms with Crippen LogP contribution >= 0.6 is 0 Å². The first-order chi connectivity index (χ1) is 21.8. The van der Waals surface area contributed by atoms with E-state index in [2.05, 4.69) is 160 Å². The molecule has 0 saturated carbocycles. The van der Waals surface area contributed by atoms with Gasteiger partial charge in [-0.3, -0.25) is 4.98 Å². The Balaban J connectivity index is 1.39. The highest BCUT2D eigenvalue weighted by Gasteiger charge is 2.21. The lowest BCUT2D eigenvalue weighted by Crippen LogP contribution is -1.98. The average Bonchev–Trinajstić information content (AvgIpc) is 3.62. The molecule has 3 heterocycles. The number of hydrogen-bond donors (Lipinski definition) is 0. The molecule has 0 aliphatic rings. The fourth-order valence-electron chi connectivity index (χ4n) is 6.81. The van der Waals surface area contributed by atoms with Crippen molar-refractivity contribution in [1.29, 1.82) is 0 Å². The quantitative estimate of drug-likeness (QED) is 0.210. The first kappa shape index (κ1) is 24.6. The van der Waals surface area contributed by atoms with E-state index >= 15 is 0 Å². The number of pyridine rings is 1. The van der Waals surface area contributed by atoms with Crippen LogP contribution in [-0.4, -0.2) is 14.1 Å². The SMILES string of the molecule is c1ccc(-n2c3ccccc3c3ccc4c5cc(-c6cccc(-c7ccccn7)c6)ccc5n(-c5ccccc5)c4c32)cc1. The van der Waals surface area contributed by atoms with Crippen LogP contribution in [0.2, 0.25) is 0 Å². The standard InChI is InChI=1S/C41H27N3/c1-3-14-31(15-4-1)43-38-20-8-7-18-33(38)34-22-23-35-36-27-29(28-12-11-13-30(26-28)37-19-9-10-25-42-37)21-24-39(36)44(41(35)40(34)43)32-16-5-2-6-17-32/h1-27H. The number of hydrogen-bond acceptors (Lipinski definition) is 1. The van der Waals surface area contributed by atoms with E-state index in [9.17, 15) is 0 Å². The molecule has 44 heavy (non-hydrogen) atoms. The number of nitrogens with zero attached hydrogens (tertiary/aromatic N) is 3. The highest BCUT2D eigenvalue weighted by atomic mass is 15.0. The molecule has 9 rings (SSSR count). The van der Waals surface area contributed by atoms with Gasteiger partial charge in [-0.15, -0.1) is 0 Å². The Morgan fingerprint density at radius 1 is 0.364 bits per heavy atom. The lowest BCUT2D eigenvalue weighted by molar-refractivity contribution is 1.15. The molecule has 3 aromatic heterocycles. The third-order valence-electron chi connectivity index (χ3n) is 8.75. The van der Waals surface area contributed by atoms with Crippen LogP contribution in [0, 0.1) is 0 Å². The van der Waals surface area contributed by atoms with Crippen LogP contribution in [0.15, 0.2) is 164 Å². The molecule has 0 bridgehead atoms. The molecule has 206 valence electrons. The Morgan fingerprint density at radius 3 is 1.66 bits per heavy atom. The zero-order chi connectivity index (χ0) is 29.0. The van der Waals surface area contributed by atoms with Gasteiger partial charge in [0.05, 0.1) is 27.8 Å². The molecule has 0 amide bonds. The van der Waals surface area contributed by atoms with Gasteiger partial charge in [0, 0.05) is 44.7 Å². The zero-order valence-electron chi connectivity index (χ0n) is 23.9. The second-order valence-corrected chi connectivity index (χ2v) is 11.2. The molecule has 0 aliphatic heterocycles. The minimum Gasteiger partial charge on any atom is -0.307 e. The van der Waals surface area contributed by atoms with Crippen LogP contribution < -0.4 is 0 Å². The van der Waals surface area contributed by atoms with Gasteiger partial charge in [0.15, 0.2) is 0 Å². The number of rotatable bonds is 4. The van der Waals surface area contributed by atoms with Gasteiger partial charge in [-0.05, 0) is 71.8 Å². The van der Waals surface area contributed by atoms with Crippen molar-refractivity contribution in [1.82, 2.24) is 14.1 Å². The van der Waals surface area contributed by atoms with Gasteiger partial charge >= 0.3 is 0 Å². The van der Waals surface area contributed by atoms with Crippen molar-refractivity contribution < 1.29 is 0 Å². The van der Waals surface area contributed by atoms with E-state index in [1.807, 2.05) is 18.3 Å². The van der Waals surface area contributed by atoms with Crippen molar-refractivity contribution in [2.24, 2.45) is 0 Å². The maximum atomic E-state index is 4.59. The summed E-state index contributed by atoms with van der Waals surface area (Å²) in [6.45, 7) is 0. The van der Waals surface area contributed by atoms with Gasteiger partial charge in [-0.1, -0.05) is 97.1 Å². The maximum absolute atomic E-state index is 4.59. The minimum absolute atomic E-state index is 0.979. The molecule has 3 heteroatoms. The summed E-state index contributed by atoms with van der Waals surface area (Å²) in [6, 6.07) is 56.5. The van der Waals surface area contributed by atoms with Crippen molar-refractivity contribution in [2.45, 2.75) is 0 Å². The normalized spacial score (nSPS) is 11.6. The first-order valence-electron chi connectivity index (χ1n) is 15.0. The summed E-state index contributed by atoms with van der Waals surface area (Å²) in [7, 11) is 0. The van der Waals surface area contributed by atoms with Gasteiger partial charge in [0.1, 0.15) is 0 Å². The van der Waals surface area contributed by atoms with Gasteiger partial charge in [-0.2, -0.15) is 0 Å². The Bertz CT molecular complexity index is 2470. The molecule has 3 nitrogen and oxygen atoms in total.